The lowest BCUT2D eigenvalue weighted by Gasteiger charge is -2.24. The molecule has 1 aliphatic rings. The number of nitrogens with zero attached hydrogens (tertiary/aromatic N) is 4. The summed E-state index contributed by atoms with van der Waals surface area (Å²) in [5.74, 6) is -1.43. The largest absolute Gasteiger partial charge is 0.396 e. The quantitative estimate of drug-likeness (QED) is 0.521. The molecule has 4 heterocycles. The van der Waals surface area contributed by atoms with Crippen molar-refractivity contribution in [1.82, 2.24) is 19.2 Å². The highest BCUT2D eigenvalue weighted by atomic mass is 19.1. The molecule has 0 radical (unpaired) electrons. The van der Waals surface area contributed by atoms with Crippen LogP contribution in [0.5, 0.6) is 0 Å². The summed E-state index contributed by atoms with van der Waals surface area (Å²) in [7, 11) is 0. The molecule has 8 heteroatoms. The Bertz CT molecular complexity index is 1190. The van der Waals surface area contributed by atoms with E-state index in [9.17, 15) is 8.78 Å². The minimum Gasteiger partial charge on any atom is -0.396 e. The van der Waals surface area contributed by atoms with Gasteiger partial charge in [0.1, 0.15) is 17.8 Å². The van der Waals surface area contributed by atoms with E-state index in [0.717, 1.165) is 36.2 Å². The number of nitrogens with two attached hydrogens (primary N) is 1. The van der Waals surface area contributed by atoms with Gasteiger partial charge in [0.15, 0.2) is 12.0 Å². The van der Waals surface area contributed by atoms with Crippen molar-refractivity contribution in [3.05, 3.63) is 60.7 Å². The molecule has 0 saturated carbocycles. The zero-order valence-corrected chi connectivity index (χ0v) is 15.6. The second kappa shape index (κ2) is 6.97. The number of ether oxygens (including phenoxy) is 1. The van der Waals surface area contributed by atoms with E-state index in [-0.39, 0.29) is 17.5 Å². The van der Waals surface area contributed by atoms with E-state index in [0.29, 0.717) is 12.2 Å². The fraction of sp³-hybridized carbons (Fsp3) is 0.238. The maximum atomic E-state index is 14.4. The predicted molar refractivity (Wildman–Crippen MR) is 105 cm³/mol. The number of imidazole rings is 1. The van der Waals surface area contributed by atoms with Crippen molar-refractivity contribution in [3.8, 4) is 22.5 Å². The average molecular weight is 395 g/mol. The lowest BCUT2D eigenvalue weighted by molar-refractivity contribution is -0.0383. The van der Waals surface area contributed by atoms with Crippen molar-refractivity contribution < 1.29 is 13.5 Å². The first kappa shape index (κ1) is 17.8. The van der Waals surface area contributed by atoms with Gasteiger partial charge in [-0.3, -0.25) is 0 Å². The maximum Gasteiger partial charge on any atom is 0.156 e. The van der Waals surface area contributed by atoms with Gasteiger partial charge in [-0.2, -0.15) is 5.10 Å². The first-order chi connectivity index (χ1) is 14.1. The number of pyridine rings is 1. The van der Waals surface area contributed by atoms with E-state index in [1.165, 1.54) is 12.1 Å². The van der Waals surface area contributed by atoms with Crippen molar-refractivity contribution in [1.29, 1.82) is 0 Å². The lowest BCUT2D eigenvalue weighted by Crippen LogP contribution is -2.19. The van der Waals surface area contributed by atoms with Gasteiger partial charge in [-0.05, 0) is 43.5 Å². The van der Waals surface area contributed by atoms with Crippen LogP contribution in [0.2, 0.25) is 0 Å². The van der Waals surface area contributed by atoms with E-state index >= 15 is 0 Å². The number of aromatic nitrogens is 4. The molecule has 29 heavy (non-hydrogen) atoms. The van der Waals surface area contributed by atoms with Crippen molar-refractivity contribution in [3.63, 3.8) is 0 Å². The molecule has 3 aromatic heterocycles. The van der Waals surface area contributed by atoms with Crippen LogP contribution in [-0.4, -0.2) is 25.8 Å². The second-order valence-electron chi connectivity index (χ2n) is 7.11. The van der Waals surface area contributed by atoms with Gasteiger partial charge < -0.3 is 14.9 Å². The van der Waals surface area contributed by atoms with E-state index in [1.54, 1.807) is 35.3 Å². The molecule has 1 aliphatic heterocycles. The van der Waals surface area contributed by atoms with Crippen LogP contribution in [0.4, 0.5) is 14.5 Å². The Morgan fingerprint density at radius 1 is 1.10 bits per heavy atom. The summed E-state index contributed by atoms with van der Waals surface area (Å²) >= 11 is 0. The molecule has 0 spiro atoms. The number of benzene rings is 1. The number of halogens is 2. The summed E-state index contributed by atoms with van der Waals surface area (Å²) in [6.07, 6.45) is 7.93. The molecular formula is C21H19F2N5O. The molecule has 1 fully saturated rings. The molecule has 5 rings (SSSR count). The monoisotopic (exact) mass is 395 g/mol. The fourth-order valence-electron chi connectivity index (χ4n) is 3.83. The normalized spacial score (nSPS) is 17.1. The summed E-state index contributed by atoms with van der Waals surface area (Å²) in [5, 5.41) is 4.43. The summed E-state index contributed by atoms with van der Waals surface area (Å²) in [4.78, 5) is 4.52. The Hall–Kier alpha value is -3.26. The van der Waals surface area contributed by atoms with Gasteiger partial charge in [-0.25, -0.2) is 18.4 Å². The Kier molecular flexibility index (Phi) is 4.28. The van der Waals surface area contributed by atoms with E-state index in [2.05, 4.69) is 10.1 Å². The van der Waals surface area contributed by atoms with Crippen LogP contribution in [0.25, 0.3) is 28.0 Å². The van der Waals surface area contributed by atoms with Gasteiger partial charge >= 0.3 is 0 Å². The SMILES string of the molecule is Nc1ccc(F)c(-c2ccc3c(-c4ccnn4C4CCCCO4)ncn3c2)c1F. The van der Waals surface area contributed by atoms with Crippen molar-refractivity contribution >= 4 is 11.2 Å². The van der Waals surface area contributed by atoms with Crippen LogP contribution >= 0.6 is 0 Å². The second-order valence-corrected chi connectivity index (χ2v) is 7.11. The Morgan fingerprint density at radius 3 is 2.83 bits per heavy atom. The molecule has 1 aromatic carbocycles. The molecule has 1 unspecified atom stereocenters. The van der Waals surface area contributed by atoms with Crippen LogP contribution in [0.1, 0.15) is 25.5 Å². The van der Waals surface area contributed by atoms with Crippen molar-refractivity contribution in [2.75, 3.05) is 12.3 Å². The fourth-order valence-corrected chi connectivity index (χ4v) is 3.83. The number of hydrogen-bond donors (Lipinski definition) is 1. The third-order valence-corrected chi connectivity index (χ3v) is 5.28. The molecule has 148 valence electrons. The molecule has 1 saturated heterocycles. The summed E-state index contributed by atoms with van der Waals surface area (Å²) < 4.78 is 38.1. The molecule has 4 aromatic rings. The van der Waals surface area contributed by atoms with Gasteiger partial charge in [0.05, 0.1) is 22.5 Å². The zero-order valence-electron chi connectivity index (χ0n) is 15.6. The van der Waals surface area contributed by atoms with Crippen LogP contribution in [0.15, 0.2) is 49.1 Å². The van der Waals surface area contributed by atoms with Crippen molar-refractivity contribution in [2.45, 2.75) is 25.5 Å². The van der Waals surface area contributed by atoms with Gasteiger partial charge in [0.2, 0.25) is 0 Å². The number of rotatable bonds is 3. The predicted octanol–water partition coefficient (Wildman–Crippen LogP) is 4.42. The molecular weight excluding hydrogens is 376 g/mol. The van der Waals surface area contributed by atoms with Crippen LogP contribution in [0, 0.1) is 11.6 Å². The minimum absolute atomic E-state index is 0.0933. The Morgan fingerprint density at radius 2 is 2.00 bits per heavy atom. The molecule has 0 aliphatic carbocycles. The zero-order chi connectivity index (χ0) is 20.0. The molecule has 0 amide bonds. The third kappa shape index (κ3) is 2.96. The Labute approximate surface area is 165 Å². The van der Waals surface area contributed by atoms with E-state index in [4.69, 9.17) is 10.5 Å². The Balaban J connectivity index is 1.58. The third-order valence-electron chi connectivity index (χ3n) is 5.28. The van der Waals surface area contributed by atoms with Crippen molar-refractivity contribution in [2.24, 2.45) is 0 Å². The van der Waals surface area contributed by atoms with Crippen LogP contribution in [-0.2, 0) is 4.74 Å². The maximum absolute atomic E-state index is 14.4. The summed E-state index contributed by atoms with van der Waals surface area (Å²) in [5.41, 5.74) is 8.13. The van der Waals surface area contributed by atoms with E-state index in [1.807, 2.05) is 10.7 Å². The summed E-state index contributed by atoms with van der Waals surface area (Å²) in [6.45, 7) is 0.717. The highest BCUT2D eigenvalue weighted by molar-refractivity contribution is 5.78. The van der Waals surface area contributed by atoms with Crippen LogP contribution in [0.3, 0.4) is 0 Å². The lowest BCUT2D eigenvalue weighted by atomic mass is 10.0. The van der Waals surface area contributed by atoms with Crippen LogP contribution < -0.4 is 5.73 Å². The smallest absolute Gasteiger partial charge is 0.156 e. The number of nitrogen functional groups attached to an aromatic ring is 1. The number of anilines is 1. The molecule has 1 atom stereocenters. The highest BCUT2D eigenvalue weighted by Gasteiger charge is 2.22. The first-order valence-electron chi connectivity index (χ1n) is 9.49. The van der Waals surface area contributed by atoms with Gasteiger partial charge in [-0.15, -0.1) is 0 Å². The number of fused-ring (bicyclic) bond motifs is 1. The molecule has 2 N–H and O–H groups in total. The highest BCUT2D eigenvalue weighted by Crippen LogP contribution is 2.33. The van der Waals surface area contributed by atoms with Gasteiger partial charge in [-0.1, -0.05) is 6.07 Å². The van der Waals surface area contributed by atoms with Gasteiger partial charge in [0.25, 0.3) is 0 Å². The molecule has 0 bridgehead atoms. The molecule has 6 nitrogen and oxygen atoms in total. The minimum atomic E-state index is -0.766. The summed E-state index contributed by atoms with van der Waals surface area (Å²) in [6, 6.07) is 7.74. The average Bonchev–Trinajstić information content (AvgIpc) is 3.38. The van der Waals surface area contributed by atoms with E-state index < -0.39 is 11.6 Å². The topological polar surface area (TPSA) is 70.4 Å². The standard InChI is InChI=1S/C21H19F2N5O/c22-14-5-6-15(24)20(23)19(14)13-4-7-16-21(25-12-27(16)11-13)17-8-9-26-28(17)18-3-1-2-10-29-18/h4-9,11-12,18H,1-3,10,24H2. The first-order valence-corrected chi connectivity index (χ1v) is 9.49. The van der Waals surface area contributed by atoms with Gasteiger partial charge in [0, 0.05) is 24.6 Å². The number of hydrogen-bond acceptors (Lipinski definition) is 4.